The standard InChI is InChI=1S/C53H78F4O4/c1-36-6-16-41(17-7-36)43-20-10-39(11-21-43)14-24-45-26-28-47(51(56)49(45)54)58-32-4-30-53(60-34-38(3)35-61-53)31-5-33-59-48-29-27-46(50(55)52(48)57)25-15-40-12-22-44(23-13-40)42-18-8-37(2)9-19-42/h26-29,36-44H,4-25,30-35H2,1-3H3. The molecule has 0 bridgehead atoms. The predicted octanol–water partition coefficient (Wildman–Crippen LogP) is 14.8. The van der Waals surface area contributed by atoms with Crippen LogP contribution in [0.3, 0.4) is 0 Å². The van der Waals surface area contributed by atoms with E-state index in [0.29, 0.717) is 74.7 Å². The lowest BCUT2D eigenvalue weighted by atomic mass is 9.69. The quantitative estimate of drug-likeness (QED) is 0.111. The first-order valence-corrected chi connectivity index (χ1v) is 25.0. The van der Waals surface area contributed by atoms with Gasteiger partial charge in [0.25, 0.3) is 0 Å². The Labute approximate surface area is 366 Å². The van der Waals surface area contributed by atoms with Crippen molar-refractivity contribution in [2.75, 3.05) is 26.4 Å². The van der Waals surface area contributed by atoms with Gasteiger partial charge in [0.2, 0.25) is 11.6 Å². The molecule has 61 heavy (non-hydrogen) atoms. The molecule has 1 heterocycles. The molecule has 0 radical (unpaired) electrons. The van der Waals surface area contributed by atoms with Crippen molar-refractivity contribution in [3.63, 3.8) is 0 Å². The summed E-state index contributed by atoms with van der Waals surface area (Å²) in [4.78, 5) is 0. The molecule has 4 saturated carbocycles. The molecule has 2 aromatic carbocycles. The summed E-state index contributed by atoms with van der Waals surface area (Å²) < 4.78 is 84.9. The average molecular weight is 855 g/mol. The molecule has 4 aliphatic carbocycles. The highest BCUT2D eigenvalue weighted by molar-refractivity contribution is 5.32. The molecule has 8 heteroatoms. The van der Waals surface area contributed by atoms with E-state index in [1.807, 2.05) is 0 Å². The van der Waals surface area contributed by atoms with Gasteiger partial charge in [-0.2, -0.15) is 8.78 Å². The summed E-state index contributed by atoms with van der Waals surface area (Å²) in [5.41, 5.74) is 0.857. The fourth-order valence-electron chi connectivity index (χ4n) is 12.0. The highest BCUT2D eigenvalue weighted by Crippen LogP contribution is 2.44. The van der Waals surface area contributed by atoms with Crippen LogP contribution in [0.1, 0.15) is 173 Å². The van der Waals surface area contributed by atoms with Crippen molar-refractivity contribution in [1.29, 1.82) is 0 Å². The van der Waals surface area contributed by atoms with Gasteiger partial charge in [0.15, 0.2) is 28.9 Å². The van der Waals surface area contributed by atoms with Crippen LogP contribution in [-0.2, 0) is 22.3 Å². The van der Waals surface area contributed by atoms with E-state index in [4.69, 9.17) is 18.9 Å². The third kappa shape index (κ3) is 12.9. The lowest BCUT2D eigenvalue weighted by Crippen LogP contribution is -2.44. The first-order valence-electron chi connectivity index (χ1n) is 25.0. The van der Waals surface area contributed by atoms with Crippen molar-refractivity contribution >= 4 is 0 Å². The minimum atomic E-state index is -0.919. The molecule has 0 aromatic heterocycles. The molecule has 2 aromatic rings. The van der Waals surface area contributed by atoms with Gasteiger partial charge in [0.05, 0.1) is 26.4 Å². The molecule has 342 valence electrons. The molecule has 0 unspecified atom stereocenters. The zero-order valence-electron chi connectivity index (χ0n) is 37.9. The Balaban J connectivity index is 0.806. The molecule has 4 nitrogen and oxygen atoms in total. The van der Waals surface area contributed by atoms with Crippen molar-refractivity contribution < 1.29 is 36.5 Å². The van der Waals surface area contributed by atoms with Crippen molar-refractivity contribution in [1.82, 2.24) is 0 Å². The van der Waals surface area contributed by atoms with Crippen LogP contribution in [0, 0.1) is 76.5 Å². The number of ether oxygens (including phenoxy) is 4. The Kier molecular flexibility index (Phi) is 17.2. The summed E-state index contributed by atoms with van der Waals surface area (Å²) in [5.74, 6) is 2.21. The van der Waals surface area contributed by atoms with Gasteiger partial charge in [-0.1, -0.05) is 84.3 Å². The number of rotatable bonds is 18. The van der Waals surface area contributed by atoms with Crippen LogP contribution in [-0.4, -0.2) is 32.2 Å². The van der Waals surface area contributed by atoms with Gasteiger partial charge >= 0.3 is 0 Å². The zero-order chi connectivity index (χ0) is 42.8. The van der Waals surface area contributed by atoms with Crippen molar-refractivity contribution in [3.05, 3.63) is 58.7 Å². The fourth-order valence-corrected chi connectivity index (χ4v) is 12.0. The molecule has 5 aliphatic rings. The van der Waals surface area contributed by atoms with E-state index < -0.39 is 29.1 Å². The van der Waals surface area contributed by atoms with Crippen molar-refractivity contribution in [3.8, 4) is 11.5 Å². The molecule has 0 spiro atoms. The van der Waals surface area contributed by atoms with Gasteiger partial charge in [-0.3, -0.25) is 0 Å². The third-order valence-corrected chi connectivity index (χ3v) is 16.3. The van der Waals surface area contributed by atoms with Crippen LogP contribution in [0.4, 0.5) is 17.6 Å². The second kappa shape index (κ2) is 22.5. The molecule has 0 atom stereocenters. The lowest BCUT2D eigenvalue weighted by Gasteiger charge is -2.39. The lowest BCUT2D eigenvalue weighted by molar-refractivity contribution is -0.288. The summed E-state index contributed by atoms with van der Waals surface area (Å²) in [6.45, 7) is 8.24. The summed E-state index contributed by atoms with van der Waals surface area (Å²) >= 11 is 0. The van der Waals surface area contributed by atoms with E-state index >= 15 is 17.6 Å². The van der Waals surface area contributed by atoms with Crippen LogP contribution in [0.2, 0.25) is 0 Å². The van der Waals surface area contributed by atoms with Crippen LogP contribution in [0.15, 0.2) is 24.3 Å². The summed E-state index contributed by atoms with van der Waals surface area (Å²) in [5, 5.41) is 0. The van der Waals surface area contributed by atoms with Crippen LogP contribution >= 0.6 is 0 Å². The summed E-state index contributed by atoms with van der Waals surface area (Å²) in [6.07, 6.45) is 25.9. The smallest absolute Gasteiger partial charge is 0.200 e. The fraction of sp³-hybridized carbons (Fsp3) is 0.774. The Morgan fingerprint density at radius 3 is 1.21 bits per heavy atom. The Hall–Kier alpha value is -2.32. The van der Waals surface area contributed by atoms with Crippen LogP contribution in [0.5, 0.6) is 11.5 Å². The second-order valence-electron chi connectivity index (χ2n) is 20.9. The van der Waals surface area contributed by atoms with Crippen LogP contribution in [0.25, 0.3) is 0 Å². The van der Waals surface area contributed by atoms with Crippen LogP contribution < -0.4 is 9.47 Å². The topological polar surface area (TPSA) is 36.9 Å². The van der Waals surface area contributed by atoms with Gasteiger partial charge in [-0.15, -0.1) is 0 Å². The van der Waals surface area contributed by atoms with E-state index in [9.17, 15) is 0 Å². The van der Waals surface area contributed by atoms with Gasteiger partial charge in [-0.05, 0) is 160 Å². The summed E-state index contributed by atoms with van der Waals surface area (Å²) in [7, 11) is 0. The zero-order valence-corrected chi connectivity index (χ0v) is 37.9. The van der Waals surface area contributed by atoms with E-state index in [1.54, 1.807) is 24.3 Å². The van der Waals surface area contributed by atoms with Gasteiger partial charge in [0, 0.05) is 18.8 Å². The number of hydrogen-bond acceptors (Lipinski definition) is 4. The Morgan fingerprint density at radius 2 is 0.836 bits per heavy atom. The molecular formula is C53H78F4O4. The SMILES string of the molecule is CC1CCC(C2CCC(CCc3ccc(OCCCC4(CCCOc5ccc(CCC6CCC(C7CCC(C)CC7)CC6)c(F)c5F)OCC(C)CO4)c(F)c3F)CC2)CC1. The largest absolute Gasteiger partial charge is 0.490 e. The molecule has 0 N–H and O–H groups in total. The van der Waals surface area contributed by atoms with E-state index in [1.165, 1.54) is 103 Å². The maximum atomic E-state index is 15.2. The second-order valence-corrected chi connectivity index (χ2v) is 20.9. The van der Waals surface area contributed by atoms with Gasteiger partial charge < -0.3 is 18.9 Å². The average Bonchev–Trinajstić information content (AvgIpc) is 3.28. The maximum absolute atomic E-state index is 15.2. The Bertz CT molecular complexity index is 1520. The highest BCUT2D eigenvalue weighted by Gasteiger charge is 2.36. The first kappa shape index (κ1) is 46.7. The van der Waals surface area contributed by atoms with Gasteiger partial charge in [-0.25, -0.2) is 8.78 Å². The van der Waals surface area contributed by atoms with E-state index in [2.05, 4.69) is 20.8 Å². The minimum absolute atomic E-state index is 0.0721. The number of halogens is 4. The van der Waals surface area contributed by atoms with E-state index in [-0.39, 0.29) is 30.6 Å². The van der Waals surface area contributed by atoms with Crippen molar-refractivity contribution in [2.45, 2.75) is 181 Å². The normalized spacial score (nSPS) is 32.4. The molecule has 1 saturated heterocycles. The number of benzene rings is 2. The molecule has 5 fully saturated rings. The Morgan fingerprint density at radius 1 is 0.475 bits per heavy atom. The van der Waals surface area contributed by atoms with Crippen molar-refractivity contribution in [2.24, 2.45) is 53.3 Å². The third-order valence-electron chi connectivity index (χ3n) is 16.3. The first-order chi connectivity index (χ1) is 29.6. The molecule has 0 amide bonds. The molecular weight excluding hydrogens is 777 g/mol. The highest BCUT2D eigenvalue weighted by atomic mass is 19.2. The number of hydrogen-bond donors (Lipinski definition) is 0. The molecule has 7 rings (SSSR count). The van der Waals surface area contributed by atoms with Gasteiger partial charge in [0.1, 0.15) is 0 Å². The maximum Gasteiger partial charge on any atom is 0.200 e. The van der Waals surface area contributed by atoms with E-state index in [0.717, 1.165) is 48.3 Å². The minimum Gasteiger partial charge on any atom is -0.490 e. The molecule has 1 aliphatic heterocycles. The number of aryl methyl sites for hydroxylation is 2. The predicted molar refractivity (Wildman–Crippen MR) is 236 cm³/mol. The summed E-state index contributed by atoms with van der Waals surface area (Å²) in [6, 6.07) is 6.50. The monoisotopic (exact) mass is 855 g/mol.